The predicted molar refractivity (Wildman–Crippen MR) is 123 cm³/mol. The molecule has 2 heterocycles. The van der Waals surface area contributed by atoms with Gasteiger partial charge < -0.3 is 19.1 Å². The van der Waals surface area contributed by atoms with Crippen LogP contribution in [0.3, 0.4) is 0 Å². The lowest BCUT2D eigenvalue weighted by Gasteiger charge is -2.39. The van der Waals surface area contributed by atoms with Gasteiger partial charge in [0.15, 0.2) is 11.5 Å². The van der Waals surface area contributed by atoms with Crippen LogP contribution < -0.4 is 9.47 Å². The van der Waals surface area contributed by atoms with Crippen molar-refractivity contribution in [1.29, 1.82) is 0 Å². The minimum Gasteiger partial charge on any atom is -0.493 e. The van der Waals surface area contributed by atoms with E-state index in [1.165, 1.54) is 12.7 Å². The Morgan fingerprint density at radius 3 is 2.71 bits per heavy atom. The molecule has 4 rings (SSSR count). The summed E-state index contributed by atoms with van der Waals surface area (Å²) in [5, 5.41) is 0. The topological polar surface area (TPSA) is 60.4 Å². The molecule has 31 heavy (non-hydrogen) atoms. The van der Waals surface area contributed by atoms with Gasteiger partial charge in [0.25, 0.3) is 0 Å². The van der Waals surface area contributed by atoms with Gasteiger partial charge in [-0.15, -0.1) is 12.4 Å². The number of likely N-dealkylation sites (tertiary alicyclic amines) is 1. The first-order chi connectivity index (χ1) is 14.5. The number of hydrogen-bond donors (Lipinski definition) is 0. The van der Waals surface area contributed by atoms with Gasteiger partial charge >= 0.3 is 5.97 Å². The third-order valence-electron chi connectivity index (χ3n) is 5.92. The summed E-state index contributed by atoms with van der Waals surface area (Å²) in [5.41, 5.74) is 4.58. The molecule has 1 fully saturated rings. The number of ether oxygens (including phenoxy) is 3. The van der Waals surface area contributed by atoms with E-state index in [-0.39, 0.29) is 24.4 Å². The zero-order valence-electron chi connectivity index (χ0n) is 18.4. The fraction of sp³-hybridized carbons (Fsp3) is 0.417. The summed E-state index contributed by atoms with van der Waals surface area (Å²) in [4.78, 5) is 19.6. The smallest absolute Gasteiger partial charge is 0.337 e. The van der Waals surface area contributed by atoms with Crippen molar-refractivity contribution >= 4 is 24.1 Å². The summed E-state index contributed by atoms with van der Waals surface area (Å²) in [6, 6.07) is 11.8. The molecule has 2 aromatic carbocycles. The Bertz CT molecular complexity index is 992. The van der Waals surface area contributed by atoms with Crippen LogP contribution in [0, 0.1) is 0 Å². The number of halogens is 1. The Hall–Kier alpha value is -2.57. The van der Waals surface area contributed by atoms with Crippen molar-refractivity contribution in [2.24, 2.45) is 4.99 Å². The first-order valence-corrected chi connectivity index (χ1v) is 10.4. The summed E-state index contributed by atoms with van der Waals surface area (Å²) < 4.78 is 16.4. The van der Waals surface area contributed by atoms with Gasteiger partial charge in [0.05, 0.1) is 38.1 Å². The second-order valence-electron chi connectivity index (χ2n) is 7.80. The van der Waals surface area contributed by atoms with Gasteiger partial charge in [-0.1, -0.05) is 12.1 Å². The first kappa shape index (κ1) is 23.1. The molecule has 0 spiro atoms. The van der Waals surface area contributed by atoms with Crippen LogP contribution in [0.25, 0.3) is 0 Å². The van der Waals surface area contributed by atoms with Crippen LogP contribution in [-0.2, 0) is 4.74 Å². The molecule has 6 nitrogen and oxygen atoms in total. The van der Waals surface area contributed by atoms with Crippen LogP contribution in [-0.4, -0.2) is 63.6 Å². The second kappa shape index (κ2) is 9.71. The summed E-state index contributed by atoms with van der Waals surface area (Å²) in [6.45, 7) is 4.52. The molecule has 0 amide bonds. The number of esters is 1. The third-order valence-corrected chi connectivity index (χ3v) is 5.92. The molecule has 1 saturated heterocycles. The average molecular weight is 445 g/mol. The zero-order chi connectivity index (χ0) is 21.3. The van der Waals surface area contributed by atoms with Crippen LogP contribution in [0.1, 0.15) is 46.3 Å². The maximum atomic E-state index is 12.1. The molecule has 0 saturated carbocycles. The van der Waals surface area contributed by atoms with E-state index >= 15 is 0 Å². The average Bonchev–Trinajstić information content (AvgIpc) is 2.78. The lowest BCUT2D eigenvalue weighted by Crippen LogP contribution is -2.41. The summed E-state index contributed by atoms with van der Waals surface area (Å²) in [7, 11) is 5.20. The number of rotatable bonds is 5. The van der Waals surface area contributed by atoms with Gasteiger partial charge in [0.1, 0.15) is 0 Å². The molecule has 2 atom stereocenters. The summed E-state index contributed by atoms with van der Waals surface area (Å²) >= 11 is 0. The monoisotopic (exact) mass is 444 g/mol. The largest absolute Gasteiger partial charge is 0.493 e. The quantitative estimate of drug-likeness (QED) is 0.654. The van der Waals surface area contributed by atoms with E-state index in [1.807, 2.05) is 31.2 Å². The summed E-state index contributed by atoms with van der Waals surface area (Å²) in [6.07, 6.45) is 0.997. The normalized spacial score (nSPS) is 19.9. The molecule has 0 unspecified atom stereocenters. The number of methoxy groups -OCH3 is 2. The van der Waals surface area contributed by atoms with Gasteiger partial charge in [0, 0.05) is 23.6 Å². The van der Waals surface area contributed by atoms with Crippen molar-refractivity contribution in [3.63, 3.8) is 0 Å². The van der Waals surface area contributed by atoms with Crippen molar-refractivity contribution < 1.29 is 19.0 Å². The molecule has 0 aromatic heterocycles. The van der Waals surface area contributed by atoms with E-state index in [0.29, 0.717) is 23.8 Å². The molecule has 2 aromatic rings. The van der Waals surface area contributed by atoms with Crippen molar-refractivity contribution in [2.45, 2.75) is 25.3 Å². The van der Waals surface area contributed by atoms with Gasteiger partial charge in [-0.3, -0.25) is 4.99 Å². The number of hydrogen-bond acceptors (Lipinski definition) is 6. The van der Waals surface area contributed by atoms with Crippen LogP contribution >= 0.6 is 12.4 Å². The fourth-order valence-corrected chi connectivity index (χ4v) is 4.45. The van der Waals surface area contributed by atoms with Gasteiger partial charge in [-0.2, -0.15) is 0 Å². The third kappa shape index (κ3) is 4.41. The Morgan fingerprint density at radius 2 is 2.00 bits per heavy atom. The Balaban J connectivity index is 0.00000272. The van der Waals surface area contributed by atoms with Crippen molar-refractivity contribution in [1.82, 2.24) is 4.90 Å². The van der Waals surface area contributed by atoms with Gasteiger partial charge in [-0.25, -0.2) is 4.79 Å². The number of benzene rings is 2. The van der Waals surface area contributed by atoms with E-state index in [2.05, 4.69) is 18.0 Å². The second-order valence-corrected chi connectivity index (χ2v) is 7.80. The van der Waals surface area contributed by atoms with Crippen molar-refractivity contribution in [3.05, 3.63) is 58.7 Å². The summed E-state index contributed by atoms with van der Waals surface area (Å²) in [5.74, 6) is 1.40. The van der Waals surface area contributed by atoms with E-state index in [0.717, 1.165) is 42.1 Å². The number of likely N-dealkylation sites (N-methyl/N-ethyl adjacent to an activating group) is 1. The van der Waals surface area contributed by atoms with Gasteiger partial charge in [-0.05, 0) is 56.8 Å². The van der Waals surface area contributed by atoms with E-state index in [4.69, 9.17) is 19.2 Å². The van der Waals surface area contributed by atoms with Gasteiger partial charge in [0.2, 0.25) is 0 Å². The number of nitrogens with zero attached hydrogens (tertiary/aromatic N) is 2. The van der Waals surface area contributed by atoms with E-state index < -0.39 is 0 Å². The van der Waals surface area contributed by atoms with E-state index in [1.54, 1.807) is 13.2 Å². The Kier molecular flexibility index (Phi) is 7.23. The molecule has 0 bridgehead atoms. The molecule has 7 heteroatoms. The molecular formula is C24H29ClN2O4. The Labute approximate surface area is 189 Å². The molecular weight excluding hydrogens is 416 g/mol. The highest BCUT2D eigenvalue weighted by Gasteiger charge is 2.36. The minimum absolute atomic E-state index is 0. The highest BCUT2D eigenvalue weighted by Crippen LogP contribution is 2.42. The predicted octanol–water partition coefficient (Wildman–Crippen LogP) is 3.94. The molecule has 2 aliphatic rings. The SMILES string of the molecule is CCOc1cc2c(cc1OC)C(c1cccc(C(=O)OC)c1)=N[C@H]1CCN(C)C[C@@H]21.Cl. The number of carbonyl (C=O) groups is 1. The molecule has 0 radical (unpaired) electrons. The number of piperidine rings is 1. The van der Waals surface area contributed by atoms with Crippen LogP contribution in [0.2, 0.25) is 0 Å². The maximum Gasteiger partial charge on any atom is 0.337 e. The maximum absolute atomic E-state index is 12.1. The van der Waals surface area contributed by atoms with E-state index in [9.17, 15) is 4.79 Å². The zero-order valence-corrected chi connectivity index (χ0v) is 19.2. The number of fused-ring (bicyclic) bond motifs is 3. The number of carbonyl (C=O) groups excluding carboxylic acids is 1. The molecule has 0 aliphatic carbocycles. The Morgan fingerprint density at radius 1 is 1.19 bits per heavy atom. The highest BCUT2D eigenvalue weighted by molar-refractivity contribution is 6.15. The van der Waals surface area contributed by atoms with Crippen molar-refractivity contribution in [3.8, 4) is 11.5 Å². The molecule has 166 valence electrons. The first-order valence-electron chi connectivity index (χ1n) is 10.4. The lowest BCUT2D eigenvalue weighted by atomic mass is 9.79. The number of aliphatic imine (C=N–C) groups is 1. The van der Waals surface area contributed by atoms with Crippen LogP contribution in [0.15, 0.2) is 41.4 Å². The lowest BCUT2D eigenvalue weighted by molar-refractivity contribution is 0.0600. The molecule has 2 aliphatic heterocycles. The standard InChI is InChI=1S/C24H28N2O4.ClH/c1-5-30-22-12-17-18(13-21(22)28-3)23(25-20-9-10-26(2)14-19(17)20)15-7-6-8-16(11-15)24(27)29-4;/h6-8,11-13,19-20H,5,9-10,14H2,1-4H3;1H/t19-,20-;/m0./s1. The fourth-order valence-electron chi connectivity index (χ4n) is 4.45. The molecule has 0 N–H and O–H groups in total. The van der Waals surface area contributed by atoms with Crippen molar-refractivity contribution in [2.75, 3.05) is 41.0 Å². The minimum atomic E-state index is -0.352. The van der Waals surface area contributed by atoms with Crippen LogP contribution in [0.4, 0.5) is 0 Å². The highest BCUT2D eigenvalue weighted by atomic mass is 35.5. The van der Waals surface area contributed by atoms with Crippen LogP contribution in [0.5, 0.6) is 11.5 Å².